The van der Waals surface area contributed by atoms with Gasteiger partial charge in [0.15, 0.2) is 0 Å². The van der Waals surface area contributed by atoms with Gasteiger partial charge in [0.05, 0.1) is 31.2 Å². The minimum Gasteiger partial charge on any atom is -0.496 e. The summed E-state index contributed by atoms with van der Waals surface area (Å²) in [5.41, 5.74) is 5.41. The minimum absolute atomic E-state index is 0.0195. The number of nitrogens with one attached hydrogen (secondary N) is 1. The molecule has 0 fully saturated rings. The number of nitrogens with zero attached hydrogens (tertiary/aromatic N) is 1. The largest absolute Gasteiger partial charge is 0.496 e. The molecule has 3 rings (SSSR count). The summed E-state index contributed by atoms with van der Waals surface area (Å²) in [6.07, 6.45) is 1.41. The lowest BCUT2D eigenvalue weighted by molar-refractivity contribution is -0.138. The van der Waals surface area contributed by atoms with E-state index in [2.05, 4.69) is 15.8 Å². The van der Waals surface area contributed by atoms with E-state index in [0.29, 0.717) is 11.4 Å². The van der Waals surface area contributed by atoms with Crippen LogP contribution in [0.15, 0.2) is 36.5 Å². The normalized spacial score (nSPS) is 10.6. The highest BCUT2D eigenvalue weighted by Gasteiger charge is 2.17. The van der Waals surface area contributed by atoms with Crippen LogP contribution in [0.1, 0.15) is 36.8 Å². The number of ketones is 1. The summed E-state index contributed by atoms with van der Waals surface area (Å²) < 4.78 is 15.3. The van der Waals surface area contributed by atoms with Crippen molar-refractivity contribution in [3.05, 3.63) is 47.7 Å². The van der Waals surface area contributed by atoms with Gasteiger partial charge < -0.3 is 19.9 Å². The van der Waals surface area contributed by atoms with Crippen molar-refractivity contribution in [2.24, 2.45) is 0 Å². The van der Waals surface area contributed by atoms with Crippen LogP contribution in [0.4, 0.5) is 5.69 Å². The zero-order valence-electron chi connectivity index (χ0n) is 20.1. The summed E-state index contributed by atoms with van der Waals surface area (Å²) >= 11 is 1.38. The number of hydrogen-bond acceptors (Lipinski definition) is 7. The van der Waals surface area contributed by atoms with Crippen molar-refractivity contribution >= 4 is 34.9 Å². The molecule has 0 bridgehead atoms. The lowest BCUT2D eigenvalue weighted by Crippen LogP contribution is -2.14. The number of aliphatic carboxylic acids is 1. The summed E-state index contributed by atoms with van der Waals surface area (Å²) in [6.45, 7) is 4.05. The number of aromatic nitrogens is 1. The fourth-order valence-corrected chi connectivity index (χ4v) is 4.39. The topological polar surface area (TPSA) is 115 Å². The second kappa shape index (κ2) is 11.6. The minimum atomic E-state index is -1.04. The molecule has 0 aliphatic rings. The molecule has 1 heterocycles. The number of carboxylic acid groups (broad SMARTS) is 1. The quantitative estimate of drug-likeness (QED) is 0.372. The van der Waals surface area contributed by atoms with Crippen LogP contribution in [0.3, 0.4) is 0 Å². The van der Waals surface area contributed by atoms with Gasteiger partial charge in [0.25, 0.3) is 0 Å². The molecule has 1 aromatic heterocycles. The van der Waals surface area contributed by atoms with E-state index in [0.717, 1.165) is 38.4 Å². The molecule has 35 heavy (non-hydrogen) atoms. The maximum absolute atomic E-state index is 12.5. The zero-order valence-corrected chi connectivity index (χ0v) is 21.0. The van der Waals surface area contributed by atoms with Crippen molar-refractivity contribution in [2.45, 2.75) is 39.5 Å². The Balaban J connectivity index is 1.83. The summed E-state index contributed by atoms with van der Waals surface area (Å²) in [4.78, 5) is 35.9. The average molecular weight is 497 g/mol. The van der Waals surface area contributed by atoms with E-state index in [9.17, 15) is 14.4 Å². The number of anilines is 1. The van der Waals surface area contributed by atoms with Gasteiger partial charge in [-0.25, -0.2) is 0 Å². The number of amides is 1. The van der Waals surface area contributed by atoms with E-state index in [-0.39, 0.29) is 37.4 Å². The molecular weight excluding hydrogens is 468 g/mol. The van der Waals surface area contributed by atoms with E-state index in [4.69, 9.17) is 14.6 Å². The van der Waals surface area contributed by atoms with Crippen molar-refractivity contribution in [1.82, 2.24) is 4.37 Å². The standard InChI is InChI=1S/C26H28N2O6S/c1-15-11-18(13-23(34-4)16(15)2)26-20(14-27-35-26)17-5-8-22(33-3)21(12-17)28-24(30)9-6-19(29)7-10-25(31)32/h5,8,11-14H,6-7,9-10H2,1-4H3,(H,28,30)(H,31,32). The number of Topliss-reactive ketones (excluding diaryl/α,β-unsaturated/α-hetero) is 1. The number of carbonyl (C=O) groups is 3. The lowest BCUT2D eigenvalue weighted by Gasteiger charge is -2.14. The van der Waals surface area contributed by atoms with Gasteiger partial charge in [-0.1, -0.05) is 12.1 Å². The van der Waals surface area contributed by atoms with Gasteiger partial charge >= 0.3 is 5.97 Å². The lowest BCUT2D eigenvalue weighted by atomic mass is 9.99. The number of hydrogen-bond donors (Lipinski definition) is 2. The second-order valence-electron chi connectivity index (χ2n) is 8.08. The number of benzene rings is 2. The second-order valence-corrected chi connectivity index (χ2v) is 8.89. The van der Waals surface area contributed by atoms with Crippen LogP contribution in [0, 0.1) is 13.8 Å². The highest BCUT2D eigenvalue weighted by Crippen LogP contribution is 2.40. The number of carbonyl (C=O) groups excluding carboxylic acids is 2. The predicted molar refractivity (Wildman–Crippen MR) is 135 cm³/mol. The highest BCUT2D eigenvalue weighted by atomic mass is 32.1. The van der Waals surface area contributed by atoms with Crippen LogP contribution in [0.25, 0.3) is 21.6 Å². The molecule has 8 nitrogen and oxygen atoms in total. The Bertz CT molecular complexity index is 1250. The van der Waals surface area contributed by atoms with Crippen LogP contribution in [0.2, 0.25) is 0 Å². The molecule has 0 saturated carbocycles. The predicted octanol–water partition coefficient (Wildman–Crippen LogP) is 5.26. The van der Waals surface area contributed by atoms with E-state index in [1.807, 2.05) is 32.0 Å². The third-order valence-electron chi connectivity index (χ3n) is 5.71. The zero-order chi connectivity index (χ0) is 25.5. The molecule has 0 saturated heterocycles. The molecule has 0 aliphatic carbocycles. The molecule has 2 aromatic carbocycles. The van der Waals surface area contributed by atoms with Crippen LogP contribution < -0.4 is 14.8 Å². The maximum atomic E-state index is 12.5. The van der Waals surface area contributed by atoms with Crippen LogP contribution in [-0.2, 0) is 14.4 Å². The number of methoxy groups -OCH3 is 2. The molecule has 9 heteroatoms. The Kier molecular flexibility index (Phi) is 8.59. The van der Waals surface area contributed by atoms with Gasteiger partial charge in [-0.15, -0.1) is 0 Å². The van der Waals surface area contributed by atoms with Crippen molar-refractivity contribution in [1.29, 1.82) is 0 Å². The third-order valence-corrected chi connectivity index (χ3v) is 6.55. The number of aryl methyl sites for hydroxylation is 1. The van der Waals surface area contributed by atoms with Gasteiger partial charge in [-0.05, 0) is 65.8 Å². The summed E-state index contributed by atoms with van der Waals surface area (Å²) in [5.74, 6) is -0.365. The van der Waals surface area contributed by atoms with Crippen molar-refractivity contribution in [2.75, 3.05) is 19.5 Å². The number of rotatable bonds is 11. The van der Waals surface area contributed by atoms with E-state index in [1.165, 1.54) is 18.6 Å². The molecule has 184 valence electrons. The Hall–Kier alpha value is -3.72. The van der Waals surface area contributed by atoms with Crippen molar-refractivity contribution in [3.63, 3.8) is 0 Å². The number of ether oxygens (including phenoxy) is 2. The first kappa shape index (κ1) is 25.9. The van der Waals surface area contributed by atoms with Crippen molar-refractivity contribution in [3.8, 4) is 33.1 Å². The first-order valence-corrected chi connectivity index (χ1v) is 11.8. The van der Waals surface area contributed by atoms with Crippen molar-refractivity contribution < 1.29 is 29.0 Å². The monoisotopic (exact) mass is 496 g/mol. The van der Waals surface area contributed by atoms with Gasteiger partial charge in [0.1, 0.15) is 17.3 Å². The van der Waals surface area contributed by atoms with Crippen LogP contribution in [-0.4, -0.2) is 41.4 Å². The summed E-state index contributed by atoms with van der Waals surface area (Å²) in [7, 11) is 3.16. The Morgan fingerprint density at radius 1 is 0.943 bits per heavy atom. The SMILES string of the molecule is COc1ccc(-c2cnsc2-c2cc(C)c(C)c(OC)c2)cc1NC(=O)CCC(=O)CCC(=O)O. The first-order chi connectivity index (χ1) is 16.7. The first-order valence-electron chi connectivity index (χ1n) is 11.1. The Morgan fingerprint density at radius 2 is 1.66 bits per heavy atom. The fraction of sp³-hybridized carbons (Fsp3) is 0.308. The third kappa shape index (κ3) is 6.45. The smallest absolute Gasteiger partial charge is 0.303 e. The molecular formula is C26H28N2O6S. The molecule has 0 radical (unpaired) electrons. The van der Waals surface area contributed by atoms with Crippen LogP contribution >= 0.6 is 11.5 Å². The van der Waals surface area contributed by atoms with Gasteiger partial charge in [0.2, 0.25) is 5.91 Å². The van der Waals surface area contributed by atoms with Gasteiger partial charge in [-0.2, -0.15) is 4.37 Å². The molecule has 0 spiro atoms. The average Bonchev–Trinajstić information content (AvgIpc) is 3.33. The Morgan fingerprint density at radius 3 is 2.34 bits per heavy atom. The Labute approximate surface area is 208 Å². The van der Waals surface area contributed by atoms with Gasteiger partial charge in [0, 0.05) is 31.0 Å². The summed E-state index contributed by atoms with van der Waals surface area (Å²) in [6, 6.07) is 9.57. The fourth-order valence-electron chi connectivity index (χ4n) is 3.63. The maximum Gasteiger partial charge on any atom is 0.303 e. The van der Waals surface area contributed by atoms with Gasteiger partial charge in [-0.3, -0.25) is 14.4 Å². The van der Waals surface area contributed by atoms with E-state index < -0.39 is 5.97 Å². The molecule has 0 unspecified atom stereocenters. The molecule has 2 N–H and O–H groups in total. The highest BCUT2D eigenvalue weighted by molar-refractivity contribution is 7.10. The summed E-state index contributed by atoms with van der Waals surface area (Å²) in [5, 5.41) is 11.5. The molecule has 1 amide bonds. The van der Waals surface area contributed by atoms with Crippen LogP contribution in [0.5, 0.6) is 11.5 Å². The molecule has 0 atom stereocenters. The van der Waals surface area contributed by atoms with E-state index >= 15 is 0 Å². The molecule has 0 aliphatic heterocycles. The molecule has 3 aromatic rings. The number of carboxylic acids is 1. The van der Waals surface area contributed by atoms with E-state index in [1.54, 1.807) is 19.4 Å².